The Morgan fingerprint density at radius 1 is 1.14 bits per heavy atom. The van der Waals surface area contributed by atoms with E-state index in [2.05, 4.69) is 20.9 Å². The van der Waals surface area contributed by atoms with Crippen molar-refractivity contribution in [2.75, 3.05) is 12.4 Å². The fourth-order valence-electron chi connectivity index (χ4n) is 2.72. The number of carbonyl (C=O) groups excluding carboxylic acids is 2. The van der Waals surface area contributed by atoms with Crippen LogP contribution in [0.25, 0.3) is 10.9 Å². The van der Waals surface area contributed by atoms with Gasteiger partial charge in [-0.3, -0.25) is 20.4 Å². The lowest BCUT2D eigenvalue weighted by atomic mass is 10.2. The van der Waals surface area contributed by atoms with Gasteiger partial charge in [-0.15, -0.1) is 0 Å². The molecule has 0 bridgehead atoms. The number of hydrogen-bond acceptors (Lipinski definition) is 5. The summed E-state index contributed by atoms with van der Waals surface area (Å²) in [5.41, 5.74) is 2.23. The minimum absolute atomic E-state index is 0.0317. The summed E-state index contributed by atoms with van der Waals surface area (Å²) in [7, 11) is 1.52. The van der Waals surface area contributed by atoms with Gasteiger partial charge in [0, 0.05) is 35.9 Å². The van der Waals surface area contributed by atoms with Crippen LogP contribution in [0.5, 0.6) is 0 Å². The van der Waals surface area contributed by atoms with Gasteiger partial charge in [-0.05, 0) is 35.9 Å². The maximum atomic E-state index is 12.4. The topological polar surface area (TPSA) is 92.4 Å². The molecule has 3 aromatic rings. The van der Waals surface area contributed by atoms with E-state index in [1.165, 1.54) is 7.05 Å². The van der Waals surface area contributed by atoms with Crippen molar-refractivity contribution in [1.82, 2.24) is 15.6 Å². The van der Waals surface area contributed by atoms with Crippen LogP contribution in [0.2, 0.25) is 5.02 Å². The highest BCUT2D eigenvalue weighted by Crippen LogP contribution is 2.18. The zero-order chi connectivity index (χ0) is 20.6. The van der Waals surface area contributed by atoms with Crippen molar-refractivity contribution in [1.29, 1.82) is 0 Å². The number of amides is 2. The van der Waals surface area contributed by atoms with E-state index < -0.39 is 12.3 Å². The maximum absolute atomic E-state index is 12.4. The summed E-state index contributed by atoms with van der Waals surface area (Å²) in [4.78, 5) is 28.4. The van der Waals surface area contributed by atoms with Crippen LogP contribution in [-0.4, -0.2) is 30.3 Å². The largest absolute Gasteiger partial charge is 0.430 e. The molecule has 0 aliphatic carbocycles. The maximum Gasteiger partial charge on any atom is 0.413 e. The van der Waals surface area contributed by atoms with Crippen molar-refractivity contribution in [3.05, 3.63) is 71.4 Å². The number of nitrogens with one attached hydrogen (secondary N) is 3. The first kappa shape index (κ1) is 20.6. The van der Waals surface area contributed by atoms with Gasteiger partial charge in [-0.25, -0.2) is 4.79 Å². The summed E-state index contributed by atoms with van der Waals surface area (Å²) in [6.45, 7) is 0.344. The van der Waals surface area contributed by atoms with Crippen LogP contribution >= 0.6 is 11.6 Å². The molecule has 1 unspecified atom stereocenters. The van der Waals surface area contributed by atoms with Crippen LogP contribution in [-0.2, 0) is 16.1 Å². The highest BCUT2D eigenvalue weighted by Gasteiger charge is 2.18. The molecule has 150 valence electrons. The Morgan fingerprint density at radius 3 is 2.76 bits per heavy atom. The second kappa shape index (κ2) is 9.86. The van der Waals surface area contributed by atoms with Crippen molar-refractivity contribution in [3.8, 4) is 0 Å². The van der Waals surface area contributed by atoms with Gasteiger partial charge in [0.05, 0.1) is 11.9 Å². The van der Waals surface area contributed by atoms with E-state index in [4.69, 9.17) is 16.3 Å². The van der Waals surface area contributed by atoms with E-state index >= 15 is 0 Å². The monoisotopic (exact) mass is 412 g/mol. The van der Waals surface area contributed by atoms with Gasteiger partial charge in [-0.1, -0.05) is 35.9 Å². The number of ether oxygens (including phenoxy) is 1. The SMILES string of the molecule is CNC(=O)CC(NCc1ccccc1Cl)OC(=O)Nc1ccc2ncccc2c1. The van der Waals surface area contributed by atoms with E-state index in [0.717, 1.165) is 16.5 Å². The molecule has 0 aliphatic heterocycles. The van der Waals surface area contributed by atoms with Gasteiger partial charge in [-0.2, -0.15) is 0 Å². The number of benzene rings is 2. The Hall–Kier alpha value is -3.16. The number of anilines is 1. The Labute approximate surface area is 173 Å². The Morgan fingerprint density at radius 2 is 1.97 bits per heavy atom. The van der Waals surface area contributed by atoms with Crippen molar-refractivity contribution in [2.24, 2.45) is 0 Å². The molecule has 0 spiro atoms. The van der Waals surface area contributed by atoms with Gasteiger partial charge in [0.15, 0.2) is 6.23 Å². The summed E-state index contributed by atoms with van der Waals surface area (Å²) in [6, 6.07) is 16.4. The van der Waals surface area contributed by atoms with Crippen molar-refractivity contribution in [3.63, 3.8) is 0 Å². The van der Waals surface area contributed by atoms with Crippen LogP contribution < -0.4 is 16.0 Å². The molecule has 8 heteroatoms. The van der Waals surface area contributed by atoms with E-state index in [0.29, 0.717) is 17.3 Å². The molecule has 1 aromatic heterocycles. The smallest absolute Gasteiger partial charge is 0.413 e. The summed E-state index contributed by atoms with van der Waals surface area (Å²) < 4.78 is 5.42. The standard InChI is InChI=1S/C21H21ClN4O3/c1-23-19(27)12-20(25-13-15-5-2-3-7-17(15)22)29-21(28)26-16-8-9-18-14(11-16)6-4-10-24-18/h2-11,20,25H,12-13H2,1H3,(H,23,27)(H,26,28). The number of rotatable bonds is 7. The van der Waals surface area contributed by atoms with Crippen molar-refractivity contribution >= 4 is 40.2 Å². The molecule has 1 heterocycles. The third-order valence-corrected chi connectivity index (χ3v) is 4.60. The molecule has 0 saturated carbocycles. The van der Waals surface area contributed by atoms with E-state index in [1.54, 1.807) is 24.4 Å². The van der Waals surface area contributed by atoms with Gasteiger partial charge in [0.2, 0.25) is 5.91 Å². The molecule has 1 atom stereocenters. The number of carbonyl (C=O) groups is 2. The van der Waals surface area contributed by atoms with Crippen LogP contribution in [0.15, 0.2) is 60.8 Å². The van der Waals surface area contributed by atoms with Crippen LogP contribution in [0.4, 0.5) is 10.5 Å². The zero-order valence-corrected chi connectivity index (χ0v) is 16.6. The van der Waals surface area contributed by atoms with Gasteiger partial charge < -0.3 is 10.1 Å². The molecular formula is C21H21ClN4O3. The Kier molecular flexibility index (Phi) is 6.99. The third-order valence-electron chi connectivity index (χ3n) is 4.23. The quantitative estimate of drug-likeness (QED) is 0.515. The van der Waals surface area contributed by atoms with Crippen LogP contribution in [0.3, 0.4) is 0 Å². The van der Waals surface area contributed by atoms with Gasteiger partial charge in [0.1, 0.15) is 0 Å². The number of pyridine rings is 1. The summed E-state index contributed by atoms with van der Waals surface area (Å²) in [5.74, 6) is -0.258. The highest BCUT2D eigenvalue weighted by atomic mass is 35.5. The van der Waals surface area contributed by atoms with E-state index in [9.17, 15) is 9.59 Å². The average Bonchev–Trinajstić information content (AvgIpc) is 2.72. The lowest BCUT2D eigenvalue weighted by Crippen LogP contribution is -2.39. The molecule has 0 saturated heterocycles. The van der Waals surface area contributed by atoms with Gasteiger partial charge >= 0.3 is 6.09 Å². The molecule has 3 N–H and O–H groups in total. The summed E-state index contributed by atoms with van der Waals surface area (Å²) in [5, 5.41) is 9.74. The molecule has 2 aromatic carbocycles. The van der Waals surface area contributed by atoms with Crippen LogP contribution in [0.1, 0.15) is 12.0 Å². The van der Waals surface area contributed by atoms with Crippen molar-refractivity contribution < 1.29 is 14.3 Å². The number of fused-ring (bicyclic) bond motifs is 1. The molecule has 0 fully saturated rings. The highest BCUT2D eigenvalue weighted by molar-refractivity contribution is 6.31. The molecule has 29 heavy (non-hydrogen) atoms. The lowest BCUT2D eigenvalue weighted by Gasteiger charge is -2.19. The molecule has 7 nitrogen and oxygen atoms in total. The van der Waals surface area contributed by atoms with Gasteiger partial charge in [0.25, 0.3) is 0 Å². The Balaban J connectivity index is 1.64. The summed E-state index contributed by atoms with van der Waals surface area (Å²) >= 11 is 6.16. The number of hydrogen-bond donors (Lipinski definition) is 3. The number of aromatic nitrogens is 1. The molecular weight excluding hydrogens is 392 g/mol. The molecule has 3 rings (SSSR count). The van der Waals surface area contributed by atoms with Crippen molar-refractivity contribution in [2.45, 2.75) is 19.2 Å². The Bertz CT molecular complexity index is 1010. The molecule has 0 aliphatic rings. The lowest BCUT2D eigenvalue weighted by molar-refractivity contribution is -0.122. The second-order valence-electron chi connectivity index (χ2n) is 6.28. The molecule has 2 amide bonds. The third kappa shape index (κ3) is 5.91. The van der Waals surface area contributed by atoms with E-state index in [-0.39, 0.29) is 12.3 Å². The first-order valence-corrected chi connectivity index (χ1v) is 9.43. The predicted molar refractivity (Wildman–Crippen MR) is 113 cm³/mol. The number of nitrogens with zero attached hydrogens (tertiary/aromatic N) is 1. The first-order valence-electron chi connectivity index (χ1n) is 9.05. The second-order valence-corrected chi connectivity index (χ2v) is 6.69. The first-order chi connectivity index (χ1) is 14.0. The predicted octanol–water partition coefficient (Wildman–Crippen LogP) is 3.69. The minimum atomic E-state index is -0.826. The van der Waals surface area contributed by atoms with Crippen LogP contribution in [0, 0.1) is 0 Å². The van der Waals surface area contributed by atoms with E-state index in [1.807, 2.05) is 36.4 Å². The summed E-state index contributed by atoms with van der Waals surface area (Å²) in [6.07, 6.45) is 0.176. The number of halogens is 1. The fourth-order valence-corrected chi connectivity index (χ4v) is 2.92. The minimum Gasteiger partial charge on any atom is -0.430 e. The fraction of sp³-hybridized carbons (Fsp3) is 0.190. The zero-order valence-electron chi connectivity index (χ0n) is 15.8. The normalized spacial score (nSPS) is 11.7. The average molecular weight is 413 g/mol. The molecule has 0 radical (unpaired) electrons.